The van der Waals surface area contributed by atoms with Crippen molar-refractivity contribution >= 4 is 38.0 Å². The quantitative estimate of drug-likeness (QED) is 0.551. The van der Waals surface area contributed by atoms with Crippen LogP contribution in [0.1, 0.15) is 5.56 Å². The summed E-state index contributed by atoms with van der Waals surface area (Å²) >= 11 is 0. The number of fused-ring (bicyclic) bond motifs is 3. The second-order valence-corrected chi connectivity index (χ2v) is 8.39. The van der Waals surface area contributed by atoms with Crippen LogP contribution in [-0.4, -0.2) is 41.3 Å². The number of sulfone groups is 1. The largest absolute Gasteiger partial charge is 0.329 e. The molecule has 4 aromatic rings. The first-order valence-corrected chi connectivity index (χ1v) is 10.1. The number of aromatic nitrogens is 4. The van der Waals surface area contributed by atoms with Crippen LogP contribution in [0.4, 0.5) is 11.5 Å². The molecule has 0 saturated heterocycles. The fourth-order valence-corrected chi connectivity index (χ4v) is 3.80. The van der Waals surface area contributed by atoms with Crippen LogP contribution >= 0.6 is 0 Å². The van der Waals surface area contributed by atoms with Gasteiger partial charge in [-0.05, 0) is 29.8 Å². The van der Waals surface area contributed by atoms with Gasteiger partial charge in [0, 0.05) is 24.4 Å². The number of nitrogens with zero attached hydrogens (tertiary/aromatic N) is 5. The minimum Gasteiger partial charge on any atom is -0.329 e. The first-order chi connectivity index (χ1) is 12.4. The summed E-state index contributed by atoms with van der Waals surface area (Å²) in [5.41, 5.74) is 2.53. The molecule has 0 saturated carbocycles. The lowest BCUT2D eigenvalue weighted by molar-refractivity contribution is 0.601. The SMILES string of the molecule is CN(c1ccccc1)c1nc2nncn2c2cc(CS(C)(=O)=O)ccc12. The van der Waals surface area contributed by atoms with Gasteiger partial charge in [-0.3, -0.25) is 4.40 Å². The van der Waals surface area contributed by atoms with Crippen LogP contribution in [-0.2, 0) is 15.6 Å². The number of rotatable bonds is 4. The molecule has 0 amide bonds. The third-order valence-corrected chi connectivity index (χ3v) is 5.05. The zero-order valence-corrected chi connectivity index (χ0v) is 15.2. The normalized spacial score (nSPS) is 11.9. The van der Waals surface area contributed by atoms with Crippen LogP contribution in [0.25, 0.3) is 16.7 Å². The van der Waals surface area contributed by atoms with Crippen molar-refractivity contribution in [2.75, 3.05) is 18.2 Å². The Morgan fingerprint density at radius 2 is 1.88 bits per heavy atom. The van der Waals surface area contributed by atoms with Gasteiger partial charge in [0.05, 0.1) is 11.3 Å². The fourth-order valence-electron chi connectivity index (χ4n) is 3.02. The van der Waals surface area contributed by atoms with Crippen LogP contribution in [0.2, 0.25) is 0 Å². The predicted molar refractivity (Wildman–Crippen MR) is 101 cm³/mol. The summed E-state index contributed by atoms with van der Waals surface area (Å²) in [4.78, 5) is 6.62. The molecule has 7 nitrogen and oxygen atoms in total. The van der Waals surface area contributed by atoms with Crippen LogP contribution < -0.4 is 4.90 Å². The zero-order chi connectivity index (χ0) is 18.3. The van der Waals surface area contributed by atoms with Gasteiger partial charge in [-0.2, -0.15) is 4.98 Å². The van der Waals surface area contributed by atoms with E-state index < -0.39 is 9.84 Å². The monoisotopic (exact) mass is 367 g/mol. The molecule has 0 aliphatic carbocycles. The second kappa shape index (κ2) is 6.06. The first kappa shape index (κ1) is 16.5. The Morgan fingerprint density at radius 3 is 2.62 bits per heavy atom. The van der Waals surface area contributed by atoms with Gasteiger partial charge in [0.25, 0.3) is 5.78 Å². The van der Waals surface area contributed by atoms with Crippen molar-refractivity contribution in [3.63, 3.8) is 0 Å². The Bertz CT molecular complexity index is 1200. The standard InChI is InChI=1S/C18H17N5O2S/c1-22(14-6-4-3-5-7-14)17-15-9-8-13(11-26(2,24)25)10-16(15)23-12-19-21-18(23)20-17/h3-10,12H,11H2,1-2H3. The Kier molecular flexibility index (Phi) is 3.84. The number of anilines is 2. The van der Waals surface area contributed by atoms with Crippen LogP contribution in [0.3, 0.4) is 0 Å². The summed E-state index contributed by atoms with van der Waals surface area (Å²) in [6.07, 6.45) is 2.81. The first-order valence-electron chi connectivity index (χ1n) is 8.01. The molecule has 2 aromatic carbocycles. The van der Waals surface area contributed by atoms with Crippen molar-refractivity contribution in [1.82, 2.24) is 19.6 Å². The molecule has 0 spiro atoms. The minimum atomic E-state index is -3.12. The van der Waals surface area contributed by atoms with Crippen LogP contribution in [0.15, 0.2) is 54.9 Å². The number of hydrogen-bond acceptors (Lipinski definition) is 6. The summed E-state index contributed by atoms with van der Waals surface area (Å²) in [6, 6.07) is 15.5. The molecule has 132 valence electrons. The highest BCUT2D eigenvalue weighted by atomic mass is 32.2. The molecule has 0 atom stereocenters. The van der Waals surface area contributed by atoms with E-state index in [1.54, 1.807) is 10.7 Å². The zero-order valence-electron chi connectivity index (χ0n) is 14.4. The highest BCUT2D eigenvalue weighted by Crippen LogP contribution is 2.30. The van der Waals surface area contributed by atoms with E-state index in [9.17, 15) is 8.42 Å². The maximum Gasteiger partial charge on any atom is 0.257 e. The van der Waals surface area contributed by atoms with Crippen molar-refractivity contribution < 1.29 is 8.42 Å². The van der Waals surface area contributed by atoms with Gasteiger partial charge in [0.2, 0.25) is 0 Å². The molecule has 0 radical (unpaired) electrons. The second-order valence-electron chi connectivity index (χ2n) is 6.25. The summed E-state index contributed by atoms with van der Waals surface area (Å²) in [7, 11) is -1.18. The van der Waals surface area contributed by atoms with E-state index in [0.29, 0.717) is 5.78 Å². The van der Waals surface area contributed by atoms with E-state index in [-0.39, 0.29) is 5.75 Å². The minimum absolute atomic E-state index is 0.0151. The van der Waals surface area contributed by atoms with E-state index in [1.165, 1.54) is 6.26 Å². The van der Waals surface area contributed by atoms with E-state index in [4.69, 9.17) is 0 Å². The predicted octanol–water partition coefficient (Wildman–Crippen LogP) is 2.59. The molecule has 0 fully saturated rings. The highest BCUT2D eigenvalue weighted by Gasteiger charge is 2.15. The highest BCUT2D eigenvalue weighted by molar-refractivity contribution is 7.89. The van der Waals surface area contributed by atoms with Gasteiger partial charge in [-0.1, -0.05) is 24.3 Å². The Balaban J connectivity index is 1.95. The van der Waals surface area contributed by atoms with Gasteiger partial charge in [-0.25, -0.2) is 8.42 Å². The molecule has 2 heterocycles. The lowest BCUT2D eigenvalue weighted by Gasteiger charge is -2.20. The lowest BCUT2D eigenvalue weighted by Crippen LogP contribution is -2.13. The van der Waals surface area contributed by atoms with E-state index in [1.807, 2.05) is 60.5 Å². The van der Waals surface area contributed by atoms with Gasteiger partial charge in [-0.15, -0.1) is 10.2 Å². The lowest BCUT2D eigenvalue weighted by atomic mass is 10.1. The average molecular weight is 367 g/mol. The molecule has 26 heavy (non-hydrogen) atoms. The molecule has 0 N–H and O–H groups in total. The Morgan fingerprint density at radius 1 is 1.12 bits per heavy atom. The summed E-state index contributed by atoms with van der Waals surface area (Å²) in [5.74, 6) is 1.18. The summed E-state index contributed by atoms with van der Waals surface area (Å²) in [6.45, 7) is 0. The molecule has 0 aliphatic heterocycles. The number of para-hydroxylation sites is 1. The van der Waals surface area contributed by atoms with Crippen molar-refractivity contribution in [2.24, 2.45) is 0 Å². The van der Waals surface area contributed by atoms with Crippen molar-refractivity contribution in [3.8, 4) is 0 Å². The molecule has 0 unspecified atom stereocenters. The van der Waals surface area contributed by atoms with Crippen LogP contribution in [0, 0.1) is 0 Å². The van der Waals surface area contributed by atoms with Gasteiger partial charge in [0.1, 0.15) is 12.1 Å². The van der Waals surface area contributed by atoms with E-state index >= 15 is 0 Å². The molecular formula is C18H17N5O2S. The van der Waals surface area contributed by atoms with E-state index in [2.05, 4.69) is 15.2 Å². The smallest absolute Gasteiger partial charge is 0.257 e. The average Bonchev–Trinajstić information content (AvgIpc) is 3.08. The molecular weight excluding hydrogens is 350 g/mol. The Hall–Kier alpha value is -3.00. The maximum absolute atomic E-state index is 11.7. The van der Waals surface area contributed by atoms with Gasteiger partial charge in [0.15, 0.2) is 9.84 Å². The molecule has 2 aromatic heterocycles. The third kappa shape index (κ3) is 2.99. The van der Waals surface area contributed by atoms with Crippen molar-refractivity contribution in [2.45, 2.75) is 5.75 Å². The molecule has 0 aliphatic rings. The van der Waals surface area contributed by atoms with Gasteiger partial charge >= 0.3 is 0 Å². The molecule has 8 heteroatoms. The Labute approximate surface area is 150 Å². The third-order valence-electron chi connectivity index (χ3n) is 4.19. The summed E-state index contributed by atoms with van der Waals surface area (Å²) in [5, 5.41) is 8.90. The molecule has 0 bridgehead atoms. The molecule has 4 rings (SSSR count). The fraction of sp³-hybridized carbons (Fsp3) is 0.167. The summed E-state index contributed by atoms with van der Waals surface area (Å²) < 4.78 is 25.1. The van der Waals surface area contributed by atoms with Crippen molar-refractivity contribution in [1.29, 1.82) is 0 Å². The van der Waals surface area contributed by atoms with Crippen LogP contribution in [0.5, 0.6) is 0 Å². The number of benzene rings is 2. The van der Waals surface area contributed by atoms with E-state index in [0.717, 1.165) is 28.0 Å². The van der Waals surface area contributed by atoms with Gasteiger partial charge < -0.3 is 4.90 Å². The topological polar surface area (TPSA) is 80.5 Å². The maximum atomic E-state index is 11.7. The number of hydrogen-bond donors (Lipinski definition) is 0. The van der Waals surface area contributed by atoms with Crippen molar-refractivity contribution in [3.05, 3.63) is 60.4 Å².